The van der Waals surface area contributed by atoms with Gasteiger partial charge in [0.05, 0.1) is 18.1 Å². The molecule has 3 amide bonds. The summed E-state index contributed by atoms with van der Waals surface area (Å²) in [6.07, 6.45) is 0. The van der Waals surface area contributed by atoms with E-state index in [4.69, 9.17) is 5.84 Å². The van der Waals surface area contributed by atoms with Crippen LogP contribution in [0.3, 0.4) is 0 Å². The van der Waals surface area contributed by atoms with Gasteiger partial charge in [0, 0.05) is 24.3 Å². The highest BCUT2D eigenvalue weighted by Gasteiger charge is 2.29. The van der Waals surface area contributed by atoms with Crippen LogP contribution in [0, 0.1) is 0 Å². The van der Waals surface area contributed by atoms with Crippen molar-refractivity contribution in [1.29, 1.82) is 0 Å². The Morgan fingerprint density at radius 3 is 2.03 bits per heavy atom. The maximum atomic E-state index is 13.5. The number of rotatable bonds is 5. The average Bonchev–Trinajstić information content (AvgIpc) is 2.87. The highest BCUT2D eigenvalue weighted by atomic mass is 32.2. The lowest BCUT2D eigenvalue weighted by molar-refractivity contribution is 0.0953. The Morgan fingerprint density at radius 1 is 0.853 bits per heavy atom. The molecule has 0 aliphatic carbocycles. The zero-order chi connectivity index (χ0) is 24.1. The average molecular weight is 479 g/mol. The van der Waals surface area contributed by atoms with Crippen LogP contribution in [0.25, 0.3) is 11.1 Å². The number of urea groups is 1. The van der Waals surface area contributed by atoms with Gasteiger partial charge in [0.2, 0.25) is 0 Å². The summed E-state index contributed by atoms with van der Waals surface area (Å²) in [6, 6.07) is 24.2. The van der Waals surface area contributed by atoms with Crippen LogP contribution >= 0.6 is 0 Å². The van der Waals surface area contributed by atoms with Crippen molar-refractivity contribution in [3.05, 3.63) is 90.0 Å². The number of nitrogens with zero attached hydrogens (tertiary/aromatic N) is 2. The summed E-state index contributed by atoms with van der Waals surface area (Å²) in [7, 11) is -3.11. The number of nitrogens with one attached hydrogen (secondary N) is 1. The number of carbonyl (C=O) groups is 2. The van der Waals surface area contributed by atoms with Crippen LogP contribution in [-0.2, 0) is 16.4 Å². The highest BCUT2D eigenvalue weighted by Crippen LogP contribution is 2.25. The van der Waals surface area contributed by atoms with Crippen molar-refractivity contribution in [2.24, 2.45) is 5.84 Å². The van der Waals surface area contributed by atoms with Gasteiger partial charge in [-0.05, 0) is 41.0 Å². The molecule has 9 heteroatoms. The van der Waals surface area contributed by atoms with Gasteiger partial charge < -0.3 is 4.90 Å². The standard InChI is InChI=1S/C25H26N4O4S/c26-27-24(30)22-8-6-19(7-9-22)18-29(25(31)28-14-16-34(32,33)17-15-28)23-12-10-21(11-13-23)20-4-2-1-3-5-20/h1-13H,14-18,26H2,(H,27,30). The van der Waals surface area contributed by atoms with E-state index in [1.165, 1.54) is 0 Å². The predicted molar refractivity (Wildman–Crippen MR) is 132 cm³/mol. The van der Waals surface area contributed by atoms with E-state index in [1.54, 1.807) is 34.1 Å². The van der Waals surface area contributed by atoms with Gasteiger partial charge in [-0.25, -0.2) is 19.1 Å². The Bertz CT molecular complexity index is 1250. The summed E-state index contributed by atoms with van der Waals surface area (Å²) in [4.78, 5) is 28.4. The molecule has 34 heavy (non-hydrogen) atoms. The van der Waals surface area contributed by atoms with Crippen molar-refractivity contribution < 1.29 is 18.0 Å². The third-order valence-corrected chi connectivity index (χ3v) is 7.43. The molecule has 4 rings (SSSR count). The zero-order valence-corrected chi connectivity index (χ0v) is 19.4. The van der Waals surface area contributed by atoms with E-state index in [0.29, 0.717) is 11.3 Å². The summed E-state index contributed by atoms with van der Waals surface area (Å²) < 4.78 is 23.7. The van der Waals surface area contributed by atoms with Crippen LogP contribution in [0.5, 0.6) is 0 Å². The van der Waals surface area contributed by atoms with Crippen LogP contribution in [-0.4, -0.2) is 49.9 Å². The van der Waals surface area contributed by atoms with Crippen LogP contribution in [0.1, 0.15) is 15.9 Å². The number of hydrogen-bond donors (Lipinski definition) is 2. The van der Waals surface area contributed by atoms with Crippen molar-refractivity contribution in [3.8, 4) is 11.1 Å². The molecule has 1 aliphatic rings. The topological polar surface area (TPSA) is 113 Å². The number of carbonyl (C=O) groups excluding carboxylic acids is 2. The molecule has 1 saturated heterocycles. The fourth-order valence-corrected chi connectivity index (χ4v) is 5.04. The predicted octanol–water partition coefficient (Wildman–Crippen LogP) is 2.81. The van der Waals surface area contributed by atoms with Gasteiger partial charge in [-0.1, -0.05) is 54.6 Å². The molecule has 1 heterocycles. The van der Waals surface area contributed by atoms with Crippen molar-refractivity contribution in [2.45, 2.75) is 6.54 Å². The van der Waals surface area contributed by atoms with Crippen LogP contribution in [0.4, 0.5) is 10.5 Å². The van der Waals surface area contributed by atoms with Crippen molar-refractivity contribution in [3.63, 3.8) is 0 Å². The van der Waals surface area contributed by atoms with Crippen LogP contribution in [0.2, 0.25) is 0 Å². The van der Waals surface area contributed by atoms with Crippen LogP contribution in [0.15, 0.2) is 78.9 Å². The Morgan fingerprint density at radius 2 is 1.44 bits per heavy atom. The van der Waals surface area contributed by atoms with Crippen molar-refractivity contribution >= 4 is 27.5 Å². The van der Waals surface area contributed by atoms with E-state index >= 15 is 0 Å². The number of sulfone groups is 1. The first-order valence-corrected chi connectivity index (χ1v) is 12.7. The largest absolute Gasteiger partial charge is 0.324 e. The fourth-order valence-electron chi connectivity index (χ4n) is 3.84. The number of amides is 3. The number of nitrogens with two attached hydrogens (primary N) is 1. The molecule has 0 radical (unpaired) electrons. The number of nitrogen functional groups attached to an aromatic ring is 1. The van der Waals surface area contributed by atoms with Crippen molar-refractivity contribution in [1.82, 2.24) is 10.3 Å². The monoisotopic (exact) mass is 478 g/mol. The van der Waals surface area contributed by atoms with Gasteiger partial charge >= 0.3 is 6.03 Å². The first kappa shape index (κ1) is 23.5. The molecule has 176 valence electrons. The molecule has 1 aliphatic heterocycles. The third-order valence-electron chi connectivity index (χ3n) is 5.82. The summed E-state index contributed by atoms with van der Waals surface area (Å²) in [6.45, 7) is 0.585. The maximum Gasteiger partial charge on any atom is 0.324 e. The number of benzene rings is 3. The molecule has 0 bridgehead atoms. The Balaban J connectivity index is 1.61. The second-order valence-corrected chi connectivity index (χ2v) is 10.4. The highest BCUT2D eigenvalue weighted by molar-refractivity contribution is 7.91. The van der Waals surface area contributed by atoms with Gasteiger partial charge in [0.25, 0.3) is 5.91 Å². The molecule has 0 aromatic heterocycles. The first-order chi connectivity index (χ1) is 16.4. The lowest BCUT2D eigenvalue weighted by Gasteiger charge is -2.33. The quantitative estimate of drug-likeness (QED) is 0.333. The number of anilines is 1. The van der Waals surface area contributed by atoms with E-state index in [9.17, 15) is 18.0 Å². The number of hydrogen-bond acceptors (Lipinski definition) is 5. The molecule has 8 nitrogen and oxygen atoms in total. The van der Waals surface area contributed by atoms with Gasteiger partial charge in [-0.3, -0.25) is 15.1 Å². The smallest absolute Gasteiger partial charge is 0.322 e. The van der Waals surface area contributed by atoms with E-state index in [1.807, 2.05) is 54.6 Å². The van der Waals surface area contributed by atoms with Crippen LogP contribution < -0.4 is 16.2 Å². The van der Waals surface area contributed by atoms with E-state index in [-0.39, 0.29) is 37.2 Å². The Hall–Kier alpha value is -3.69. The lowest BCUT2D eigenvalue weighted by atomic mass is 10.1. The minimum Gasteiger partial charge on any atom is -0.322 e. The van der Waals surface area contributed by atoms with E-state index in [2.05, 4.69) is 5.43 Å². The molecular formula is C25H26N4O4S. The fraction of sp³-hybridized carbons (Fsp3) is 0.200. The SMILES string of the molecule is NNC(=O)c1ccc(CN(C(=O)N2CCS(=O)(=O)CC2)c2ccc(-c3ccccc3)cc2)cc1. The van der Waals surface area contributed by atoms with Gasteiger partial charge in [-0.2, -0.15) is 0 Å². The second-order valence-electron chi connectivity index (χ2n) is 8.09. The number of hydrazine groups is 1. The minimum absolute atomic E-state index is 0.0393. The Labute approximate surface area is 198 Å². The molecular weight excluding hydrogens is 452 g/mol. The first-order valence-electron chi connectivity index (χ1n) is 10.9. The summed E-state index contributed by atoms with van der Waals surface area (Å²) in [5, 5.41) is 0. The summed E-state index contributed by atoms with van der Waals surface area (Å²) >= 11 is 0. The third kappa shape index (κ3) is 5.44. The Kier molecular flexibility index (Phi) is 6.95. The molecule has 0 unspecified atom stereocenters. The maximum absolute atomic E-state index is 13.5. The molecule has 0 atom stereocenters. The van der Waals surface area contributed by atoms with Crippen molar-refractivity contribution in [2.75, 3.05) is 29.5 Å². The van der Waals surface area contributed by atoms with Gasteiger partial charge in [0.1, 0.15) is 0 Å². The molecule has 3 N–H and O–H groups in total. The molecule has 0 spiro atoms. The molecule has 3 aromatic carbocycles. The summed E-state index contributed by atoms with van der Waals surface area (Å²) in [5.41, 5.74) is 6.12. The van der Waals surface area contributed by atoms with Gasteiger partial charge in [-0.15, -0.1) is 0 Å². The zero-order valence-electron chi connectivity index (χ0n) is 18.6. The molecule has 0 saturated carbocycles. The van der Waals surface area contributed by atoms with Gasteiger partial charge in [0.15, 0.2) is 9.84 Å². The minimum atomic E-state index is -3.11. The second kappa shape index (κ2) is 10.1. The normalized spacial score (nSPS) is 14.9. The van der Waals surface area contributed by atoms with E-state index in [0.717, 1.165) is 16.7 Å². The lowest BCUT2D eigenvalue weighted by Crippen LogP contribution is -2.49. The summed E-state index contributed by atoms with van der Waals surface area (Å²) in [5.74, 6) is 4.72. The molecule has 1 fully saturated rings. The molecule has 3 aromatic rings. The van der Waals surface area contributed by atoms with E-state index < -0.39 is 15.7 Å².